The number of hydrogen-bond acceptors (Lipinski definition) is 4. The SMILES string of the molecule is Cc1cnccc1OCC1CCN(Cc2ccc(C#N)cc2)CC1. The Morgan fingerprint density at radius 3 is 2.62 bits per heavy atom. The highest BCUT2D eigenvalue weighted by atomic mass is 16.5. The number of pyridine rings is 1. The molecule has 4 nitrogen and oxygen atoms in total. The molecule has 0 amide bonds. The largest absolute Gasteiger partial charge is 0.493 e. The van der Waals surface area contributed by atoms with Crippen molar-refractivity contribution in [2.45, 2.75) is 26.3 Å². The lowest BCUT2D eigenvalue weighted by Crippen LogP contribution is -2.35. The molecule has 0 saturated carbocycles. The number of benzene rings is 1. The molecule has 2 aromatic rings. The standard InChI is InChI=1S/C20H23N3O/c1-16-13-22-9-6-20(16)24-15-19-7-10-23(11-8-19)14-18-4-2-17(12-21)3-5-18/h2-6,9,13,19H,7-8,10-11,14-15H2,1H3. The second-order valence-corrected chi connectivity index (χ2v) is 6.48. The molecule has 4 heteroatoms. The molecule has 1 aromatic heterocycles. The first kappa shape index (κ1) is 16.5. The molecule has 1 saturated heterocycles. The maximum Gasteiger partial charge on any atom is 0.125 e. The third kappa shape index (κ3) is 4.33. The Labute approximate surface area is 143 Å². The summed E-state index contributed by atoms with van der Waals surface area (Å²) in [5, 5.41) is 8.85. The van der Waals surface area contributed by atoms with E-state index in [2.05, 4.69) is 28.1 Å². The van der Waals surface area contributed by atoms with Crippen molar-refractivity contribution in [3.05, 3.63) is 59.4 Å². The first-order chi connectivity index (χ1) is 11.7. The Kier molecular flexibility index (Phi) is 5.45. The van der Waals surface area contributed by atoms with Gasteiger partial charge in [0.2, 0.25) is 0 Å². The molecule has 0 atom stereocenters. The van der Waals surface area contributed by atoms with Crippen LogP contribution in [0.15, 0.2) is 42.7 Å². The maximum absolute atomic E-state index is 8.85. The molecule has 0 N–H and O–H groups in total. The fourth-order valence-corrected chi connectivity index (χ4v) is 3.08. The molecule has 2 heterocycles. The van der Waals surface area contributed by atoms with Gasteiger partial charge in [-0.25, -0.2) is 0 Å². The zero-order chi connectivity index (χ0) is 16.8. The van der Waals surface area contributed by atoms with Crippen LogP contribution >= 0.6 is 0 Å². The van der Waals surface area contributed by atoms with Crippen molar-refractivity contribution in [2.24, 2.45) is 5.92 Å². The fourth-order valence-electron chi connectivity index (χ4n) is 3.08. The molecule has 0 aliphatic carbocycles. The van der Waals surface area contributed by atoms with Crippen molar-refractivity contribution in [2.75, 3.05) is 19.7 Å². The molecular formula is C20H23N3O. The van der Waals surface area contributed by atoms with Gasteiger partial charge >= 0.3 is 0 Å². The summed E-state index contributed by atoms with van der Waals surface area (Å²) in [7, 11) is 0. The van der Waals surface area contributed by atoms with Gasteiger partial charge in [0.25, 0.3) is 0 Å². The number of aryl methyl sites for hydroxylation is 1. The zero-order valence-electron chi connectivity index (χ0n) is 14.1. The van der Waals surface area contributed by atoms with E-state index in [-0.39, 0.29) is 0 Å². The van der Waals surface area contributed by atoms with E-state index in [1.54, 1.807) is 6.20 Å². The smallest absolute Gasteiger partial charge is 0.125 e. The maximum atomic E-state index is 8.85. The summed E-state index contributed by atoms with van der Waals surface area (Å²) < 4.78 is 5.97. The molecule has 0 unspecified atom stereocenters. The van der Waals surface area contributed by atoms with Crippen LogP contribution < -0.4 is 4.74 Å². The monoisotopic (exact) mass is 321 g/mol. The number of likely N-dealkylation sites (tertiary alicyclic amines) is 1. The molecule has 124 valence electrons. The second kappa shape index (κ2) is 7.94. The zero-order valence-corrected chi connectivity index (χ0v) is 14.1. The summed E-state index contributed by atoms with van der Waals surface area (Å²) in [5.74, 6) is 1.57. The summed E-state index contributed by atoms with van der Waals surface area (Å²) >= 11 is 0. The van der Waals surface area contributed by atoms with Crippen molar-refractivity contribution in [1.82, 2.24) is 9.88 Å². The number of piperidine rings is 1. The quantitative estimate of drug-likeness (QED) is 0.845. The van der Waals surface area contributed by atoms with Crippen molar-refractivity contribution >= 4 is 0 Å². The van der Waals surface area contributed by atoms with E-state index in [4.69, 9.17) is 10.00 Å². The van der Waals surface area contributed by atoms with Crippen molar-refractivity contribution in [3.63, 3.8) is 0 Å². The van der Waals surface area contributed by atoms with E-state index in [0.717, 1.165) is 43.1 Å². The fraction of sp³-hybridized carbons (Fsp3) is 0.400. The summed E-state index contributed by atoms with van der Waals surface area (Å²) in [5.41, 5.74) is 3.09. The van der Waals surface area contributed by atoms with Gasteiger partial charge in [0.1, 0.15) is 5.75 Å². The van der Waals surface area contributed by atoms with E-state index in [0.29, 0.717) is 5.92 Å². The van der Waals surface area contributed by atoms with E-state index in [1.165, 1.54) is 18.4 Å². The van der Waals surface area contributed by atoms with Crippen LogP contribution in [0.25, 0.3) is 0 Å². The number of nitrogens with zero attached hydrogens (tertiary/aromatic N) is 3. The Hall–Kier alpha value is -2.38. The molecule has 0 bridgehead atoms. The van der Waals surface area contributed by atoms with E-state index in [1.807, 2.05) is 31.3 Å². The lowest BCUT2D eigenvalue weighted by Gasteiger charge is -2.32. The molecule has 24 heavy (non-hydrogen) atoms. The van der Waals surface area contributed by atoms with Crippen LogP contribution in [-0.4, -0.2) is 29.6 Å². The van der Waals surface area contributed by atoms with Gasteiger partial charge in [0.15, 0.2) is 0 Å². The highest BCUT2D eigenvalue weighted by molar-refractivity contribution is 5.31. The van der Waals surface area contributed by atoms with Crippen molar-refractivity contribution in [3.8, 4) is 11.8 Å². The predicted octanol–water partition coefficient (Wildman–Crippen LogP) is 3.55. The number of nitriles is 1. The Morgan fingerprint density at radius 2 is 1.96 bits per heavy atom. The highest BCUT2D eigenvalue weighted by Crippen LogP contribution is 2.22. The molecule has 0 spiro atoms. The predicted molar refractivity (Wildman–Crippen MR) is 93.6 cm³/mol. The van der Waals surface area contributed by atoms with Gasteiger partial charge in [-0.15, -0.1) is 0 Å². The molecule has 1 fully saturated rings. The third-order valence-electron chi connectivity index (χ3n) is 4.64. The average molecular weight is 321 g/mol. The van der Waals surface area contributed by atoms with Gasteiger partial charge in [-0.3, -0.25) is 9.88 Å². The van der Waals surface area contributed by atoms with Crippen LogP contribution in [0.3, 0.4) is 0 Å². The average Bonchev–Trinajstić information content (AvgIpc) is 2.63. The van der Waals surface area contributed by atoms with Crippen LogP contribution in [0.5, 0.6) is 5.75 Å². The number of ether oxygens (including phenoxy) is 1. The van der Waals surface area contributed by atoms with Crippen LogP contribution in [0.2, 0.25) is 0 Å². The molecule has 1 aromatic carbocycles. The summed E-state index contributed by atoms with van der Waals surface area (Å²) in [6.07, 6.45) is 5.96. The van der Waals surface area contributed by atoms with Crippen LogP contribution in [0.4, 0.5) is 0 Å². The second-order valence-electron chi connectivity index (χ2n) is 6.48. The van der Waals surface area contributed by atoms with Crippen molar-refractivity contribution < 1.29 is 4.74 Å². The Morgan fingerprint density at radius 1 is 1.21 bits per heavy atom. The molecule has 3 rings (SSSR count). The first-order valence-electron chi connectivity index (χ1n) is 8.49. The van der Waals surface area contributed by atoms with Gasteiger partial charge in [0, 0.05) is 24.5 Å². The molecule has 1 aliphatic heterocycles. The van der Waals surface area contributed by atoms with E-state index < -0.39 is 0 Å². The van der Waals surface area contributed by atoms with Gasteiger partial charge in [-0.1, -0.05) is 12.1 Å². The van der Waals surface area contributed by atoms with Gasteiger partial charge in [0.05, 0.1) is 18.2 Å². The molecule has 1 aliphatic rings. The molecule has 0 radical (unpaired) electrons. The highest BCUT2D eigenvalue weighted by Gasteiger charge is 2.20. The van der Waals surface area contributed by atoms with Gasteiger partial charge in [-0.2, -0.15) is 5.26 Å². The Balaban J connectivity index is 1.44. The number of aromatic nitrogens is 1. The topological polar surface area (TPSA) is 49.1 Å². The van der Waals surface area contributed by atoms with Crippen LogP contribution in [-0.2, 0) is 6.54 Å². The first-order valence-corrected chi connectivity index (χ1v) is 8.49. The summed E-state index contributed by atoms with van der Waals surface area (Å²) in [6, 6.07) is 12.0. The van der Waals surface area contributed by atoms with E-state index >= 15 is 0 Å². The minimum Gasteiger partial charge on any atom is -0.493 e. The van der Waals surface area contributed by atoms with E-state index in [9.17, 15) is 0 Å². The Bertz CT molecular complexity index is 698. The minimum atomic E-state index is 0.620. The number of hydrogen-bond donors (Lipinski definition) is 0. The minimum absolute atomic E-state index is 0.620. The van der Waals surface area contributed by atoms with Crippen molar-refractivity contribution in [1.29, 1.82) is 5.26 Å². The normalized spacial score (nSPS) is 15.8. The lowest BCUT2D eigenvalue weighted by atomic mass is 9.97. The summed E-state index contributed by atoms with van der Waals surface area (Å²) in [6.45, 7) is 5.98. The lowest BCUT2D eigenvalue weighted by molar-refractivity contribution is 0.136. The third-order valence-corrected chi connectivity index (χ3v) is 4.64. The summed E-state index contributed by atoms with van der Waals surface area (Å²) in [4.78, 5) is 6.58. The number of rotatable bonds is 5. The van der Waals surface area contributed by atoms with Crippen LogP contribution in [0.1, 0.15) is 29.5 Å². The molecular weight excluding hydrogens is 298 g/mol. The van der Waals surface area contributed by atoms with Crippen LogP contribution in [0, 0.1) is 24.2 Å². The van der Waals surface area contributed by atoms with Gasteiger partial charge in [-0.05, 0) is 62.5 Å². The van der Waals surface area contributed by atoms with Gasteiger partial charge < -0.3 is 4.74 Å².